The van der Waals surface area contributed by atoms with E-state index in [1.807, 2.05) is 84.9 Å². The average Bonchev–Trinajstić information content (AvgIpc) is 2.98. The molecule has 4 rings (SSSR count). The standard InChI is InChI=1S/C34H30O4/c35-31(27-13-3-1-4-14-27)23-21-29-17-7-9-19-33(29)37-25-11-12-26-38-34-20-10-8-18-30(34)22-24-32(36)28-15-5-2-6-16-28/h1-10,13-24H,11-12,25-26H2. The fraction of sp³-hybridized carbons (Fsp3) is 0.118. The number of unbranched alkanes of at least 4 members (excludes halogenated alkanes) is 1. The molecule has 0 unspecified atom stereocenters. The van der Waals surface area contributed by atoms with E-state index < -0.39 is 0 Å². The van der Waals surface area contributed by atoms with Crippen molar-refractivity contribution in [1.29, 1.82) is 0 Å². The van der Waals surface area contributed by atoms with Gasteiger partial charge in [-0.05, 0) is 49.3 Å². The highest BCUT2D eigenvalue weighted by molar-refractivity contribution is 6.07. The molecular weight excluding hydrogens is 472 g/mol. The molecule has 4 aromatic rings. The summed E-state index contributed by atoms with van der Waals surface area (Å²) in [5.41, 5.74) is 3.03. The van der Waals surface area contributed by atoms with E-state index in [1.54, 1.807) is 48.6 Å². The molecule has 0 amide bonds. The number of hydrogen-bond acceptors (Lipinski definition) is 4. The molecule has 0 aromatic heterocycles. The van der Waals surface area contributed by atoms with Gasteiger partial charge in [0, 0.05) is 22.3 Å². The summed E-state index contributed by atoms with van der Waals surface area (Å²) in [6, 6.07) is 33.7. The van der Waals surface area contributed by atoms with Crippen molar-refractivity contribution in [3.8, 4) is 11.5 Å². The molecule has 0 atom stereocenters. The Morgan fingerprint density at radius 1 is 0.500 bits per heavy atom. The van der Waals surface area contributed by atoms with Crippen LogP contribution in [0.4, 0.5) is 0 Å². The number of carbonyl (C=O) groups is 2. The van der Waals surface area contributed by atoms with Crippen molar-refractivity contribution in [2.75, 3.05) is 13.2 Å². The van der Waals surface area contributed by atoms with E-state index in [-0.39, 0.29) is 11.6 Å². The maximum atomic E-state index is 12.4. The van der Waals surface area contributed by atoms with Gasteiger partial charge in [0.25, 0.3) is 0 Å². The molecule has 0 fully saturated rings. The van der Waals surface area contributed by atoms with Crippen molar-refractivity contribution in [3.05, 3.63) is 144 Å². The number of hydrogen-bond donors (Lipinski definition) is 0. The molecule has 38 heavy (non-hydrogen) atoms. The molecule has 190 valence electrons. The number of para-hydroxylation sites is 2. The first-order valence-electron chi connectivity index (χ1n) is 12.7. The van der Waals surface area contributed by atoms with Crippen LogP contribution in [0.15, 0.2) is 121 Å². The molecule has 0 radical (unpaired) electrons. The highest BCUT2D eigenvalue weighted by Crippen LogP contribution is 2.22. The van der Waals surface area contributed by atoms with Gasteiger partial charge in [0.2, 0.25) is 0 Å². The first kappa shape index (κ1) is 26.4. The molecule has 0 N–H and O–H groups in total. The Balaban J connectivity index is 1.24. The van der Waals surface area contributed by atoms with Gasteiger partial charge in [-0.1, -0.05) is 97.1 Å². The zero-order valence-electron chi connectivity index (χ0n) is 21.2. The van der Waals surface area contributed by atoms with Crippen LogP contribution < -0.4 is 9.47 Å². The van der Waals surface area contributed by atoms with Gasteiger partial charge < -0.3 is 9.47 Å². The van der Waals surface area contributed by atoms with E-state index in [0.717, 1.165) is 35.5 Å². The van der Waals surface area contributed by atoms with Crippen LogP contribution >= 0.6 is 0 Å². The van der Waals surface area contributed by atoms with Crippen LogP contribution in [-0.2, 0) is 0 Å². The van der Waals surface area contributed by atoms with Gasteiger partial charge in [0.15, 0.2) is 11.6 Å². The van der Waals surface area contributed by atoms with E-state index in [9.17, 15) is 9.59 Å². The van der Waals surface area contributed by atoms with E-state index in [4.69, 9.17) is 9.47 Å². The molecule has 0 saturated carbocycles. The fourth-order valence-electron chi connectivity index (χ4n) is 3.80. The van der Waals surface area contributed by atoms with Crippen LogP contribution in [0.5, 0.6) is 11.5 Å². The van der Waals surface area contributed by atoms with Crippen molar-refractivity contribution < 1.29 is 19.1 Å². The molecule has 0 aliphatic heterocycles. The number of rotatable bonds is 13. The third kappa shape index (κ3) is 7.90. The van der Waals surface area contributed by atoms with Crippen molar-refractivity contribution >= 4 is 23.7 Å². The Hall–Kier alpha value is -4.70. The highest BCUT2D eigenvalue weighted by atomic mass is 16.5. The van der Waals surface area contributed by atoms with Crippen LogP contribution in [0.3, 0.4) is 0 Å². The quantitative estimate of drug-likeness (QED) is 0.107. The number of ketones is 2. The average molecular weight is 503 g/mol. The number of benzene rings is 4. The van der Waals surface area contributed by atoms with Gasteiger partial charge in [0.05, 0.1) is 13.2 Å². The molecule has 4 nitrogen and oxygen atoms in total. The van der Waals surface area contributed by atoms with Gasteiger partial charge in [-0.25, -0.2) is 0 Å². The summed E-state index contributed by atoms with van der Waals surface area (Å²) in [6.45, 7) is 1.07. The second-order valence-corrected chi connectivity index (χ2v) is 8.61. The van der Waals surface area contributed by atoms with Gasteiger partial charge in [0.1, 0.15) is 11.5 Å². The van der Waals surface area contributed by atoms with Gasteiger partial charge in [-0.15, -0.1) is 0 Å². The summed E-state index contributed by atoms with van der Waals surface area (Å²) in [5, 5.41) is 0. The zero-order valence-corrected chi connectivity index (χ0v) is 21.2. The monoisotopic (exact) mass is 502 g/mol. The zero-order chi connectivity index (χ0) is 26.4. The summed E-state index contributed by atoms with van der Waals surface area (Å²) < 4.78 is 12.0. The van der Waals surface area contributed by atoms with Crippen molar-refractivity contribution in [2.45, 2.75) is 12.8 Å². The Kier molecular flexibility index (Phi) is 9.81. The van der Waals surface area contributed by atoms with Crippen LogP contribution in [0.2, 0.25) is 0 Å². The molecule has 0 heterocycles. The normalized spacial score (nSPS) is 11.1. The second-order valence-electron chi connectivity index (χ2n) is 8.61. The number of ether oxygens (including phenoxy) is 2. The molecule has 4 heteroatoms. The lowest BCUT2D eigenvalue weighted by Crippen LogP contribution is -2.04. The summed E-state index contributed by atoms with van der Waals surface area (Å²) >= 11 is 0. The number of carbonyl (C=O) groups excluding carboxylic acids is 2. The summed E-state index contributed by atoms with van der Waals surface area (Å²) in [5.74, 6) is 1.39. The van der Waals surface area contributed by atoms with E-state index in [2.05, 4.69) is 0 Å². The van der Waals surface area contributed by atoms with E-state index >= 15 is 0 Å². The van der Waals surface area contributed by atoms with Gasteiger partial charge in [-0.3, -0.25) is 9.59 Å². The predicted molar refractivity (Wildman–Crippen MR) is 153 cm³/mol. The Morgan fingerprint density at radius 3 is 1.29 bits per heavy atom. The highest BCUT2D eigenvalue weighted by Gasteiger charge is 2.05. The Bertz CT molecular complexity index is 1280. The fourth-order valence-corrected chi connectivity index (χ4v) is 3.80. The Morgan fingerprint density at radius 2 is 0.868 bits per heavy atom. The van der Waals surface area contributed by atoms with E-state index in [0.29, 0.717) is 24.3 Å². The lowest BCUT2D eigenvalue weighted by molar-refractivity contribution is 0.103. The summed E-state index contributed by atoms with van der Waals surface area (Å²) in [4.78, 5) is 24.8. The lowest BCUT2D eigenvalue weighted by atomic mass is 10.1. The van der Waals surface area contributed by atoms with Crippen molar-refractivity contribution in [3.63, 3.8) is 0 Å². The van der Waals surface area contributed by atoms with Crippen LogP contribution in [0, 0.1) is 0 Å². The van der Waals surface area contributed by atoms with Crippen LogP contribution in [0.25, 0.3) is 12.2 Å². The predicted octanol–water partition coefficient (Wildman–Crippen LogP) is 7.72. The number of allylic oxidation sites excluding steroid dienone is 2. The third-order valence-corrected chi connectivity index (χ3v) is 5.84. The summed E-state index contributed by atoms with van der Waals surface area (Å²) in [6.07, 6.45) is 8.36. The molecule has 0 aliphatic carbocycles. The largest absolute Gasteiger partial charge is 0.493 e. The molecule has 0 aliphatic rings. The molecule has 0 saturated heterocycles. The summed E-state index contributed by atoms with van der Waals surface area (Å²) in [7, 11) is 0. The lowest BCUT2D eigenvalue weighted by Gasteiger charge is -2.11. The van der Waals surface area contributed by atoms with Crippen molar-refractivity contribution in [2.24, 2.45) is 0 Å². The minimum atomic E-state index is -0.0443. The minimum Gasteiger partial charge on any atom is -0.493 e. The smallest absolute Gasteiger partial charge is 0.185 e. The first-order chi connectivity index (χ1) is 18.7. The van der Waals surface area contributed by atoms with Gasteiger partial charge in [-0.2, -0.15) is 0 Å². The third-order valence-electron chi connectivity index (χ3n) is 5.84. The molecule has 4 aromatic carbocycles. The van der Waals surface area contributed by atoms with Crippen LogP contribution in [0.1, 0.15) is 44.7 Å². The molecule has 0 spiro atoms. The van der Waals surface area contributed by atoms with Gasteiger partial charge >= 0.3 is 0 Å². The SMILES string of the molecule is O=C(C=Cc1ccccc1OCCCCOc1ccccc1C=CC(=O)c1ccccc1)c1ccccc1. The maximum absolute atomic E-state index is 12.4. The van der Waals surface area contributed by atoms with Crippen LogP contribution in [-0.4, -0.2) is 24.8 Å². The van der Waals surface area contributed by atoms with Crippen molar-refractivity contribution in [1.82, 2.24) is 0 Å². The van der Waals surface area contributed by atoms with E-state index in [1.165, 1.54) is 0 Å². The minimum absolute atomic E-state index is 0.0443. The Labute approximate surface area is 223 Å². The maximum Gasteiger partial charge on any atom is 0.185 e. The first-order valence-corrected chi connectivity index (χ1v) is 12.7. The molecule has 0 bridgehead atoms. The topological polar surface area (TPSA) is 52.6 Å². The molecular formula is C34H30O4. The second kappa shape index (κ2) is 14.1.